The quantitative estimate of drug-likeness (QED) is 0.862. The van der Waals surface area contributed by atoms with Gasteiger partial charge in [-0.2, -0.15) is 0 Å². The van der Waals surface area contributed by atoms with Gasteiger partial charge in [0.05, 0.1) is 10.7 Å². The lowest BCUT2D eigenvalue weighted by molar-refractivity contribution is 0.105. The number of carbonyl (C=O) groups excluding carboxylic acids is 1. The SMILES string of the molecule is [2H]c1c(OCC2CN([2H])C(=O)O2)c([2H])c(C([2H])([2H])[2H])c([2H])c1C([2H])([2H])[2H]. The number of carbonyl (C=O) groups is 1. The van der Waals surface area contributed by atoms with E-state index in [1.54, 1.807) is 0 Å². The molecule has 1 aromatic rings. The minimum absolute atomic E-state index is 0.145. The van der Waals surface area contributed by atoms with Crippen molar-refractivity contribution < 1.29 is 28.0 Å². The second-order valence-electron chi connectivity index (χ2n) is 3.11. The minimum atomic E-state index is -2.96. The molecule has 1 fully saturated rings. The van der Waals surface area contributed by atoms with E-state index in [2.05, 4.69) is 0 Å². The summed E-state index contributed by atoms with van der Waals surface area (Å²) in [5, 5.41) is 0.534. The summed E-state index contributed by atoms with van der Waals surface area (Å²) in [4.78, 5) is 11.2. The first-order valence-corrected chi connectivity index (χ1v) is 4.49. The number of cyclic esters (lactones) is 1. The van der Waals surface area contributed by atoms with Gasteiger partial charge < -0.3 is 14.8 Å². The van der Waals surface area contributed by atoms with E-state index in [9.17, 15) is 4.79 Å². The molecule has 0 saturated carbocycles. The van der Waals surface area contributed by atoms with Crippen LogP contribution in [0.5, 0.6) is 5.75 Å². The normalized spacial score (nSPS) is 30.4. The average molecular weight is 231 g/mol. The Bertz CT molecular complexity index is 688. The van der Waals surface area contributed by atoms with Crippen LogP contribution in [-0.2, 0) is 4.74 Å². The zero-order chi connectivity index (χ0) is 20.0. The molecule has 2 rings (SSSR count). The van der Waals surface area contributed by atoms with Gasteiger partial charge in [-0.25, -0.2) is 4.79 Å². The van der Waals surface area contributed by atoms with Crippen molar-refractivity contribution in [2.24, 2.45) is 0 Å². The van der Waals surface area contributed by atoms with Crippen molar-refractivity contribution in [3.63, 3.8) is 0 Å². The van der Waals surface area contributed by atoms with Crippen molar-refractivity contribution in [1.82, 2.24) is 5.31 Å². The van der Waals surface area contributed by atoms with Crippen molar-refractivity contribution in [3.8, 4) is 5.75 Å². The molecule has 1 atom stereocenters. The second kappa shape index (κ2) is 4.43. The first-order chi connectivity index (χ1) is 11.7. The van der Waals surface area contributed by atoms with E-state index in [0.717, 1.165) is 0 Å². The van der Waals surface area contributed by atoms with Gasteiger partial charge in [0.25, 0.3) is 0 Å². The number of benzene rings is 1. The van der Waals surface area contributed by atoms with Crippen LogP contribution in [0.1, 0.15) is 23.5 Å². The smallest absolute Gasteiger partial charge is 0.407 e. The summed E-state index contributed by atoms with van der Waals surface area (Å²) in [7, 11) is 0. The molecular weight excluding hydrogens is 206 g/mol. The van der Waals surface area contributed by atoms with Gasteiger partial charge in [0, 0.05) is 8.22 Å². The van der Waals surface area contributed by atoms with Gasteiger partial charge in [-0.15, -0.1) is 0 Å². The lowest BCUT2D eigenvalue weighted by Gasteiger charge is -2.11. The van der Waals surface area contributed by atoms with Crippen LogP contribution in [0.25, 0.3) is 0 Å². The van der Waals surface area contributed by atoms with Crippen LogP contribution in [0.15, 0.2) is 18.1 Å². The molecule has 1 N–H and O–H groups in total. The highest BCUT2D eigenvalue weighted by molar-refractivity contribution is 5.69. The highest BCUT2D eigenvalue weighted by atomic mass is 16.6. The summed E-state index contributed by atoms with van der Waals surface area (Å²) in [6.07, 6.45) is -1.81. The Balaban J connectivity index is 2.50. The van der Waals surface area contributed by atoms with Gasteiger partial charge in [0.15, 0.2) is 7.52 Å². The fourth-order valence-electron chi connectivity index (χ4n) is 1.17. The van der Waals surface area contributed by atoms with E-state index in [0.29, 0.717) is 5.31 Å². The molecule has 0 aromatic heterocycles. The third-order valence-electron chi connectivity index (χ3n) is 1.83. The van der Waals surface area contributed by atoms with E-state index in [-0.39, 0.29) is 6.54 Å². The monoisotopic (exact) mass is 231 g/mol. The molecule has 1 unspecified atom stereocenters. The highest BCUT2D eigenvalue weighted by Crippen LogP contribution is 2.16. The maximum Gasteiger partial charge on any atom is 0.407 e. The lowest BCUT2D eigenvalue weighted by atomic mass is 10.1. The summed E-state index contributed by atoms with van der Waals surface area (Å²) < 4.78 is 85.9. The summed E-state index contributed by atoms with van der Waals surface area (Å²) in [6.45, 7) is -6.47. The van der Waals surface area contributed by atoms with E-state index in [4.69, 9.17) is 23.2 Å². The molecule has 0 radical (unpaired) electrons. The first kappa shape index (κ1) is 3.95. The third-order valence-corrected chi connectivity index (χ3v) is 1.83. The Morgan fingerprint density at radius 3 is 2.94 bits per heavy atom. The van der Waals surface area contributed by atoms with Crippen LogP contribution < -0.4 is 10.0 Å². The fourth-order valence-corrected chi connectivity index (χ4v) is 1.17. The minimum Gasteiger partial charge on any atom is -0.490 e. The van der Waals surface area contributed by atoms with Crippen LogP contribution in [0, 0.1) is 13.7 Å². The van der Waals surface area contributed by atoms with E-state index in [1.165, 1.54) is 0 Å². The van der Waals surface area contributed by atoms with Gasteiger partial charge in [-0.3, -0.25) is 0 Å². The van der Waals surface area contributed by atoms with E-state index in [1.807, 2.05) is 0 Å². The number of nitrogens with one attached hydrogen (secondary N) is 1. The van der Waals surface area contributed by atoms with Gasteiger partial charge in [0.2, 0.25) is 0 Å². The zero-order valence-electron chi connectivity index (χ0n) is 18.2. The Morgan fingerprint density at radius 2 is 2.38 bits per heavy atom. The standard InChI is InChI=1S/C12H15NO3/c1-8-3-9(2)5-10(4-8)15-7-11-6-13-12(14)16-11/h3-5,11H,6-7H2,1-2H3,(H,13,14)/i1D3,2D3,3D,4D,5D/hD. The molecule has 4 nitrogen and oxygen atoms in total. The third kappa shape index (κ3) is 2.66. The maximum atomic E-state index is 11.2. The molecule has 1 aliphatic heterocycles. The molecule has 1 amide bonds. The van der Waals surface area contributed by atoms with Gasteiger partial charge in [-0.05, 0) is 36.9 Å². The molecule has 1 saturated heterocycles. The lowest BCUT2D eigenvalue weighted by Crippen LogP contribution is -2.21. The largest absolute Gasteiger partial charge is 0.490 e. The molecule has 4 heteroatoms. The van der Waals surface area contributed by atoms with Crippen molar-refractivity contribution in [2.75, 3.05) is 13.2 Å². The average Bonchev–Trinajstić information content (AvgIpc) is 2.73. The predicted molar refractivity (Wildman–Crippen MR) is 59.7 cm³/mol. The molecule has 0 aliphatic carbocycles. The first-order valence-electron chi connectivity index (χ1n) is 9.44. The highest BCUT2D eigenvalue weighted by Gasteiger charge is 2.22. The number of rotatable bonds is 3. The Hall–Kier alpha value is -1.71. The van der Waals surface area contributed by atoms with Crippen LogP contribution in [0.2, 0.25) is 1.41 Å². The molecule has 16 heavy (non-hydrogen) atoms. The van der Waals surface area contributed by atoms with Crippen LogP contribution >= 0.6 is 0 Å². The second-order valence-corrected chi connectivity index (χ2v) is 3.11. The molecule has 1 aliphatic rings. The van der Waals surface area contributed by atoms with E-state index >= 15 is 0 Å². The topological polar surface area (TPSA) is 47.6 Å². The van der Waals surface area contributed by atoms with Gasteiger partial charge >= 0.3 is 6.09 Å². The van der Waals surface area contributed by atoms with Crippen LogP contribution in [0.4, 0.5) is 4.79 Å². The number of hydrogen-bond acceptors (Lipinski definition) is 3. The van der Waals surface area contributed by atoms with Crippen LogP contribution in [-0.4, -0.2) is 25.3 Å². The maximum absolute atomic E-state index is 11.2. The van der Waals surface area contributed by atoms with E-state index < -0.39 is 67.5 Å². The number of alkyl carbamates (subject to hydrolysis) is 1. The van der Waals surface area contributed by atoms with Gasteiger partial charge in [-0.1, -0.05) is 6.04 Å². The number of hydrogen-bond donors (Lipinski definition) is 1. The van der Waals surface area contributed by atoms with Crippen molar-refractivity contribution in [3.05, 3.63) is 29.3 Å². The molecule has 0 bridgehead atoms. The molecule has 1 heterocycles. The number of amides is 1. The summed E-state index contributed by atoms with van der Waals surface area (Å²) in [5.74, 6) is -0.627. The van der Waals surface area contributed by atoms with Crippen molar-refractivity contribution >= 4 is 6.09 Å². The zero-order valence-corrected chi connectivity index (χ0v) is 8.16. The predicted octanol–water partition coefficient (Wildman–Crippen LogP) is 1.79. The van der Waals surface area contributed by atoms with Crippen LogP contribution in [0.3, 0.4) is 0 Å². The van der Waals surface area contributed by atoms with Crippen molar-refractivity contribution in [1.29, 1.82) is 0 Å². The molecule has 1 aromatic carbocycles. The fraction of sp³-hybridized carbons (Fsp3) is 0.417. The Labute approximate surface area is 109 Å². The summed E-state index contributed by atoms with van der Waals surface area (Å²) in [5.41, 5.74) is -1.67. The summed E-state index contributed by atoms with van der Waals surface area (Å²) in [6, 6.07) is -2.50. The van der Waals surface area contributed by atoms with Crippen molar-refractivity contribution in [2.45, 2.75) is 19.8 Å². The Kier molecular flexibility index (Phi) is 1.09. The molecular formula is C12H15NO3. The summed E-state index contributed by atoms with van der Waals surface area (Å²) >= 11 is 0. The number of ether oxygens (including phenoxy) is 2. The molecule has 0 spiro atoms. The van der Waals surface area contributed by atoms with Gasteiger partial charge in [0.1, 0.15) is 12.4 Å². The molecule has 86 valence electrons. The Morgan fingerprint density at radius 1 is 1.62 bits per heavy atom.